The standard InChI is InChI=1S/C20H14FN9O2/c21-11-2-1-6-30-15(11)8-14(28-30)17-16-12(24-10-25-16)4-7-29(17)20(31)19-27-26-18(32-19)13-3-5-22-9-23-13/h1-3,5-6,8-10,17H,4,7H2,(H,24,25). The lowest BCUT2D eigenvalue weighted by molar-refractivity contribution is 0.0646. The van der Waals surface area contributed by atoms with Gasteiger partial charge in [0.25, 0.3) is 5.89 Å². The summed E-state index contributed by atoms with van der Waals surface area (Å²) in [6.45, 7) is 0.361. The monoisotopic (exact) mass is 431 g/mol. The third kappa shape index (κ3) is 2.84. The van der Waals surface area contributed by atoms with Crippen LogP contribution in [-0.4, -0.2) is 57.1 Å². The van der Waals surface area contributed by atoms with E-state index in [4.69, 9.17) is 4.42 Å². The molecule has 11 nitrogen and oxygen atoms in total. The van der Waals surface area contributed by atoms with Gasteiger partial charge >= 0.3 is 11.8 Å². The fraction of sp³-hybridized carbons (Fsp3) is 0.150. The molecule has 1 aliphatic rings. The summed E-state index contributed by atoms with van der Waals surface area (Å²) < 4.78 is 21.3. The van der Waals surface area contributed by atoms with E-state index in [1.54, 1.807) is 35.6 Å². The SMILES string of the molecule is O=C(c1nnc(-c2ccncn2)o1)N1CCc2[nH]cnc2C1c1cc2c(F)cccn2n1. The predicted molar refractivity (Wildman–Crippen MR) is 106 cm³/mol. The summed E-state index contributed by atoms with van der Waals surface area (Å²) in [6, 6.07) is 5.50. The van der Waals surface area contributed by atoms with Gasteiger partial charge in [-0.05, 0) is 24.3 Å². The summed E-state index contributed by atoms with van der Waals surface area (Å²) in [4.78, 5) is 30.4. The summed E-state index contributed by atoms with van der Waals surface area (Å²) in [5, 5.41) is 12.3. The van der Waals surface area contributed by atoms with Gasteiger partial charge in [0.2, 0.25) is 0 Å². The van der Waals surface area contributed by atoms with Crippen molar-refractivity contribution in [3.8, 4) is 11.6 Å². The summed E-state index contributed by atoms with van der Waals surface area (Å²) in [5.41, 5.74) is 2.73. The number of halogens is 1. The number of H-pyrrole nitrogens is 1. The van der Waals surface area contributed by atoms with Gasteiger partial charge in [-0.2, -0.15) is 5.10 Å². The van der Waals surface area contributed by atoms with Crippen LogP contribution in [0.4, 0.5) is 4.39 Å². The minimum absolute atomic E-state index is 0.111. The molecule has 0 radical (unpaired) electrons. The predicted octanol–water partition coefficient (Wildman–Crippen LogP) is 1.82. The van der Waals surface area contributed by atoms with Crippen LogP contribution in [0.25, 0.3) is 17.1 Å². The Hall–Kier alpha value is -4.48. The maximum absolute atomic E-state index is 14.3. The van der Waals surface area contributed by atoms with Crippen molar-refractivity contribution in [2.75, 3.05) is 6.54 Å². The molecule has 0 fully saturated rings. The van der Waals surface area contributed by atoms with Crippen LogP contribution in [-0.2, 0) is 6.42 Å². The Bertz CT molecular complexity index is 1440. The summed E-state index contributed by atoms with van der Waals surface area (Å²) >= 11 is 0. The molecule has 1 atom stereocenters. The Morgan fingerprint density at radius 2 is 2.19 bits per heavy atom. The third-order valence-electron chi connectivity index (χ3n) is 5.34. The van der Waals surface area contributed by atoms with Crippen molar-refractivity contribution in [2.45, 2.75) is 12.5 Å². The topological polar surface area (TPSA) is 131 Å². The highest BCUT2D eigenvalue weighted by Crippen LogP contribution is 2.34. The van der Waals surface area contributed by atoms with Crippen LogP contribution < -0.4 is 0 Å². The lowest BCUT2D eigenvalue weighted by Gasteiger charge is -2.32. The van der Waals surface area contributed by atoms with Crippen LogP contribution in [0, 0.1) is 5.82 Å². The summed E-state index contributed by atoms with van der Waals surface area (Å²) in [7, 11) is 0. The van der Waals surface area contributed by atoms with Crippen LogP contribution >= 0.6 is 0 Å². The van der Waals surface area contributed by atoms with E-state index in [2.05, 4.69) is 35.2 Å². The van der Waals surface area contributed by atoms with Gasteiger partial charge in [-0.15, -0.1) is 10.2 Å². The van der Waals surface area contributed by atoms with E-state index in [-0.39, 0.29) is 11.8 Å². The molecular formula is C20H14FN9O2. The van der Waals surface area contributed by atoms with Crippen molar-refractivity contribution in [3.05, 3.63) is 78.1 Å². The van der Waals surface area contributed by atoms with Crippen LogP contribution in [0.15, 0.2) is 53.7 Å². The fourth-order valence-electron chi connectivity index (χ4n) is 3.88. The first-order chi connectivity index (χ1) is 15.7. The Balaban J connectivity index is 1.41. The number of aromatic amines is 1. The first kappa shape index (κ1) is 18.3. The number of hydrogen-bond acceptors (Lipinski definition) is 8. The molecule has 5 aromatic heterocycles. The largest absolute Gasteiger partial charge is 0.411 e. The quantitative estimate of drug-likeness (QED) is 0.458. The molecule has 0 aromatic carbocycles. The molecular weight excluding hydrogens is 417 g/mol. The number of amides is 1. The molecule has 1 amide bonds. The lowest BCUT2D eigenvalue weighted by Crippen LogP contribution is -2.41. The van der Waals surface area contributed by atoms with Gasteiger partial charge < -0.3 is 14.3 Å². The van der Waals surface area contributed by atoms with Crippen molar-refractivity contribution in [3.63, 3.8) is 0 Å². The van der Waals surface area contributed by atoms with Gasteiger partial charge in [0, 0.05) is 31.1 Å². The van der Waals surface area contributed by atoms with Crippen LogP contribution in [0.2, 0.25) is 0 Å². The lowest BCUT2D eigenvalue weighted by atomic mass is 9.99. The molecule has 1 unspecified atom stereocenters. The molecule has 158 valence electrons. The van der Waals surface area contributed by atoms with Gasteiger partial charge in [-0.1, -0.05) is 0 Å². The number of hydrogen-bond donors (Lipinski definition) is 1. The van der Waals surface area contributed by atoms with Gasteiger partial charge in [-0.3, -0.25) is 4.79 Å². The van der Waals surface area contributed by atoms with E-state index in [1.165, 1.54) is 23.1 Å². The van der Waals surface area contributed by atoms with Gasteiger partial charge in [0.15, 0.2) is 0 Å². The molecule has 0 aliphatic carbocycles. The molecule has 0 bridgehead atoms. The number of nitrogens with zero attached hydrogens (tertiary/aromatic N) is 8. The molecule has 0 saturated carbocycles. The van der Waals surface area contributed by atoms with E-state index in [0.717, 1.165) is 5.69 Å². The first-order valence-corrected chi connectivity index (χ1v) is 9.76. The number of aromatic nitrogens is 8. The number of fused-ring (bicyclic) bond motifs is 2. The Kier molecular flexibility index (Phi) is 4.03. The van der Waals surface area contributed by atoms with Crippen LogP contribution in [0.5, 0.6) is 0 Å². The Labute approximate surface area is 179 Å². The maximum Gasteiger partial charge on any atom is 0.312 e. The second kappa shape index (κ2) is 7.04. The average Bonchev–Trinajstić information content (AvgIpc) is 3.58. The normalized spacial score (nSPS) is 15.8. The third-order valence-corrected chi connectivity index (χ3v) is 5.34. The number of imidazole rings is 1. The molecule has 1 N–H and O–H groups in total. The zero-order valence-corrected chi connectivity index (χ0v) is 16.4. The molecule has 1 aliphatic heterocycles. The van der Waals surface area contributed by atoms with Crippen molar-refractivity contribution in [1.82, 2.24) is 44.6 Å². The zero-order chi connectivity index (χ0) is 21.7. The van der Waals surface area contributed by atoms with Crippen molar-refractivity contribution < 1.29 is 13.6 Å². The van der Waals surface area contributed by atoms with E-state index < -0.39 is 17.8 Å². The molecule has 0 saturated heterocycles. The number of nitrogens with one attached hydrogen (secondary N) is 1. The summed E-state index contributed by atoms with van der Waals surface area (Å²) in [6.07, 6.45) is 6.67. The van der Waals surface area contributed by atoms with Crippen molar-refractivity contribution in [1.29, 1.82) is 0 Å². The molecule has 5 aromatic rings. The van der Waals surface area contributed by atoms with Gasteiger partial charge in [0.1, 0.15) is 29.4 Å². The minimum atomic E-state index is -0.647. The number of carbonyl (C=O) groups excluding carboxylic acids is 1. The highest BCUT2D eigenvalue weighted by molar-refractivity contribution is 5.90. The maximum atomic E-state index is 14.3. The van der Waals surface area contributed by atoms with Crippen LogP contribution in [0.3, 0.4) is 0 Å². The fourth-order valence-corrected chi connectivity index (χ4v) is 3.88. The number of rotatable bonds is 3. The Morgan fingerprint density at radius 1 is 1.25 bits per heavy atom. The molecule has 6 rings (SSSR count). The molecule has 12 heteroatoms. The minimum Gasteiger partial charge on any atom is -0.411 e. The number of carbonyl (C=O) groups is 1. The molecule has 6 heterocycles. The van der Waals surface area contributed by atoms with E-state index in [1.807, 2.05) is 0 Å². The van der Waals surface area contributed by atoms with E-state index in [0.29, 0.717) is 35.6 Å². The Morgan fingerprint density at radius 3 is 3.03 bits per heavy atom. The number of pyridine rings is 1. The highest BCUT2D eigenvalue weighted by Gasteiger charge is 2.38. The molecule has 0 spiro atoms. The van der Waals surface area contributed by atoms with Gasteiger partial charge in [0.05, 0.1) is 17.7 Å². The smallest absolute Gasteiger partial charge is 0.312 e. The van der Waals surface area contributed by atoms with E-state index >= 15 is 0 Å². The van der Waals surface area contributed by atoms with Gasteiger partial charge in [-0.25, -0.2) is 23.9 Å². The summed E-state index contributed by atoms with van der Waals surface area (Å²) in [5.74, 6) is -0.959. The van der Waals surface area contributed by atoms with Crippen molar-refractivity contribution >= 4 is 11.4 Å². The van der Waals surface area contributed by atoms with E-state index in [9.17, 15) is 9.18 Å². The average molecular weight is 431 g/mol. The molecule has 32 heavy (non-hydrogen) atoms. The van der Waals surface area contributed by atoms with Crippen molar-refractivity contribution in [2.24, 2.45) is 0 Å². The highest BCUT2D eigenvalue weighted by atomic mass is 19.1. The second-order valence-electron chi connectivity index (χ2n) is 7.18. The first-order valence-electron chi connectivity index (χ1n) is 9.76. The zero-order valence-electron chi connectivity index (χ0n) is 16.4. The second-order valence-corrected chi connectivity index (χ2v) is 7.18. The van der Waals surface area contributed by atoms with Crippen LogP contribution in [0.1, 0.15) is 33.8 Å².